The molecule has 0 aliphatic heterocycles. The van der Waals surface area contributed by atoms with Gasteiger partial charge < -0.3 is 9.84 Å². The standard InChI is InChI=1S/C11H17N3O/c1-12-3-2-10-13-11(15-14-10)9-5-7-4-8(7)6-9/h7-9,12H,2-6H2,1H3. The van der Waals surface area contributed by atoms with Gasteiger partial charge in [-0.1, -0.05) is 5.16 Å². The lowest BCUT2D eigenvalue weighted by Gasteiger charge is -2.03. The maximum Gasteiger partial charge on any atom is 0.229 e. The number of hydrogen-bond acceptors (Lipinski definition) is 4. The van der Waals surface area contributed by atoms with Gasteiger partial charge in [0.15, 0.2) is 5.82 Å². The third-order valence-corrected chi connectivity index (χ3v) is 3.68. The molecule has 15 heavy (non-hydrogen) atoms. The second-order valence-corrected chi connectivity index (χ2v) is 4.83. The molecule has 82 valence electrons. The molecule has 2 aliphatic carbocycles. The molecule has 2 fully saturated rings. The van der Waals surface area contributed by atoms with E-state index < -0.39 is 0 Å². The van der Waals surface area contributed by atoms with Crippen LogP contribution in [0.15, 0.2) is 4.52 Å². The van der Waals surface area contributed by atoms with Gasteiger partial charge in [0, 0.05) is 18.9 Å². The summed E-state index contributed by atoms with van der Waals surface area (Å²) in [6, 6.07) is 0. The van der Waals surface area contributed by atoms with E-state index in [0.717, 1.165) is 36.5 Å². The summed E-state index contributed by atoms with van der Waals surface area (Å²) < 4.78 is 5.33. The second kappa shape index (κ2) is 3.59. The van der Waals surface area contributed by atoms with Crippen LogP contribution in [0, 0.1) is 11.8 Å². The van der Waals surface area contributed by atoms with Crippen molar-refractivity contribution in [2.45, 2.75) is 31.6 Å². The lowest BCUT2D eigenvalue weighted by atomic mass is 10.0. The number of fused-ring (bicyclic) bond motifs is 1. The highest BCUT2D eigenvalue weighted by Gasteiger charge is 2.47. The van der Waals surface area contributed by atoms with Crippen LogP contribution < -0.4 is 5.32 Å². The van der Waals surface area contributed by atoms with Gasteiger partial charge in [-0.15, -0.1) is 0 Å². The Balaban J connectivity index is 1.63. The Bertz CT molecular complexity index is 339. The first-order chi connectivity index (χ1) is 7.36. The second-order valence-electron chi connectivity index (χ2n) is 4.83. The molecule has 0 saturated heterocycles. The highest BCUT2D eigenvalue weighted by molar-refractivity contribution is 5.06. The largest absolute Gasteiger partial charge is 0.339 e. The van der Waals surface area contributed by atoms with E-state index in [4.69, 9.17) is 4.52 Å². The summed E-state index contributed by atoms with van der Waals surface area (Å²) in [6.45, 7) is 0.912. The van der Waals surface area contributed by atoms with Crippen molar-refractivity contribution in [2.75, 3.05) is 13.6 Å². The quantitative estimate of drug-likeness (QED) is 0.809. The minimum atomic E-state index is 0.560. The fourth-order valence-electron chi connectivity index (χ4n) is 2.69. The first kappa shape index (κ1) is 9.33. The van der Waals surface area contributed by atoms with Crippen molar-refractivity contribution >= 4 is 0 Å². The fraction of sp³-hybridized carbons (Fsp3) is 0.818. The minimum Gasteiger partial charge on any atom is -0.339 e. The van der Waals surface area contributed by atoms with Gasteiger partial charge in [-0.25, -0.2) is 0 Å². The molecular formula is C11H17N3O. The molecule has 0 amide bonds. The smallest absolute Gasteiger partial charge is 0.229 e. The van der Waals surface area contributed by atoms with Crippen LogP contribution in [0.25, 0.3) is 0 Å². The van der Waals surface area contributed by atoms with Crippen LogP contribution in [0.3, 0.4) is 0 Å². The lowest BCUT2D eigenvalue weighted by Crippen LogP contribution is -2.11. The number of aromatic nitrogens is 2. The SMILES string of the molecule is CNCCc1noc(C2CC3CC3C2)n1. The molecule has 4 nitrogen and oxygen atoms in total. The molecule has 0 aromatic carbocycles. The monoisotopic (exact) mass is 207 g/mol. The van der Waals surface area contributed by atoms with Crippen LogP contribution in [0.4, 0.5) is 0 Å². The highest BCUT2D eigenvalue weighted by atomic mass is 16.5. The zero-order chi connectivity index (χ0) is 10.3. The molecule has 1 aromatic rings. The Kier molecular flexibility index (Phi) is 2.24. The van der Waals surface area contributed by atoms with E-state index in [1.54, 1.807) is 0 Å². The van der Waals surface area contributed by atoms with Gasteiger partial charge in [0.1, 0.15) is 0 Å². The Morgan fingerprint density at radius 2 is 2.13 bits per heavy atom. The zero-order valence-electron chi connectivity index (χ0n) is 9.07. The Labute approximate surface area is 89.4 Å². The third-order valence-electron chi connectivity index (χ3n) is 3.68. The van der Waals surface area contributed by atoms with Crippen LogP contribution in [-0.2, 0) is 6.42 Å². The van der Waals surface area contributed by atoms with Crippen molar-refractivity contribution in [3.05, 3.63) is 11.7 Å². The van der Waals surface area contributed by atoms with Crippen LogP contribution in [0.1, 0.15) is 36.9 Å². The number of likely N-dealkylation sites (N-methyl/N-ethyl adjacent to an activating group) is 1. The maximum atomic E-state index is 5.33. The summed E-state index contributed by atoms with van der Waals surface area (Å²) in [7, 11) is 1.94. The van der Waals surface area contributed by atoms with Gasteiger partial charge in [0.2, 0.25) is 5.89 Å². The van der Waals surface area contributed by atoms with Gasteiger partial charge >= 0.3 is 0 Å². The summed E-state index contributed by atoms with van der Waals surface area (Å²) >= 11 is 0. The van der Waals surface area contributed by atoms with Crippen molar-refractivity contribution < 1.29 is 4.52 Å². The van der Waals surface area contributed by atoms with Crippen LogP contribution in [-0.4, -0.2) is 23.7 Å². The maximum absolute atomic E-state index is 5.33. The molecule has 4 heteroatoms. The average Bonchev–Trinajstić information content (AvgIpc) is 2.71. The van der Waals surface area contributed by atoms with Crippen LogP contribution >= 0.6 is 0 Å². The molecule has 2 aliphatic rings. The van der Waals surface area contributed by atoms with Gasteiger partial charge in [-0.2, -0.15) is 4.98 Å². The molecule has 1 aromatic heterocycles. The summed E-state index contributed by atoms with van der Waals surface area (Å²) in [5, 5.41) is 7.10. The van der Waals surface area contributed by atoms with E-state index in [2.05, 4.69) is 15.5 Å². The predicted octanol–water partition coefficient (Wildman–Crippen LogP) is 1.34. The lowest BCUT2D eigenvalue weighted by molar-refractivity contribution is 0.342. The summed E-state index contributed by atoms with van der Waals surface area (Å²) in [5.41, 5.74) is 0. The normalized spacial score (nSPS) is 33.0. The van der Waals surface area contributed by atoms with Crippen LogP contribution in [0.5, 0.6) is 0 Å². The van der Waals surface area contributed by atoms with Crippen molar-refractivity contribution in [3.8, 4) is 0 Å². The third kappa shape index (κ3) is 1.78. The van der Waals surface area contributed by atoms with Crippen LogP contribution in [0.2, 0.25) is 0 Å². The molecule has 0 radical (unpaired) electrons. The molecule has 2 atom stereocenters. The highest BCUT2D eigenvalue weighted by Crippen LogP contribution is 2.57. The van der Waals surface area contributed by atoms with Crippen molar-refractivity contribution in [2.24, 2.45) is 11.8 Å². The Morgan fingerprint density at radius 1 is 1.33 bits per heavy atom. The molecule has 1 heterocycles. The van der Waals surface area contributed by atoms with Crippen molar-refractivity contribution in [1.29, 1.82) is 0 Å². The van der Waals surface area contributed by atoms with E-state index in [9.17, 15) is 0 Å². The fourth-order valence-corrected chi connectivity index (χ4v) is 2.69. The predicted molar refractivity (Wildman–Crippen MR) is 55.5 cm³/mol. The first-order valence-corrected chi connectivity index (χ1v) is 5.84. The van der Waals surface area contributed by atoms with Crippen molar-refractivity contribution in [1.82, 2.24) is 15.5 Å². The molecule has 2 saturated carbocycles. The number of rotatable bonds is 4. The van der Waals surface area contributed by atoms with E-state index in [-0.39, 0.29) is 0 Å². The summed E-state index contributed by atoms with van der Waals surface area (Å²) in [4.78, 5) is 4.47. The van der Waals surface area contributed by atoms with Gasteiger partial charge in [-0.05, 0) is 38.1 Å². The number of nitrogens with zero attached hydrogens (tertiary/aromatic N) is 2. The summed E-state index contributed by atoms with van der Waals surface area (Å²) in [6.07, 6.45) is 4.85. The van der Waals surface area contributed by atoms with E-state index >= 15 is 0 Å². The Morgan fingerprint density at radius 3 is 2.87 bits per heavy atom. The van der Waals surface area contributed by atoms with E-state index in [0.29, 0.717) is 5.92 Å². The molecule has 0 bridgehead atoms. The van der Waals surface area contributed by atoms with Gasteiger partial charge in [0.05, 0.1) is 0 Å². The number of nitrogens with one attached hydrogen (secondary N) is 1. The molecular weight excluding hydrogens is 190 g/mol. The number of hydrogen-bond donors (Lipinski definition) is 1. The zero-order valence-corrected chi connectivity index (χ0v) is 9.07. The molecule has 2 unspecified atom stereocenters. The van der Waals surface area contributed by atoms with E-state index in [1.165, 1.54) is 19.3 Å². The molecule has 1 N–H and O–H groups in total. The van der Waals surface area contributed by atoms with Crippen molar-refractivity contribution in [3.63, 3.8) is 0 Å². The minimum absolute atomic E-state index is 0.560. The molecule has 3 rings (SSSR count). The van der Waals surface area contributed by atoms with E-state index in [1.807, 2.05) is 7.05 Å². The van der Waals surface area contributed by atoms with Gasteiger partial charge in [-0.3, -0.25) is 0 Å². The topological polar surface area (TPSA) is 51.0 Å². The van der Waals surface area contributed by atoms with Gasteiger partial charge in [0.25, 0.3) is 0 Å². The average molecular weight is 207 g/mol. The molecule has 0 spiro atoms. The summed E-state index contributed by atoms with van der Waals surface area (Å²) in [5.74, 6) is 4.24. The first-order valence-electron chi connectivity index (χ1n) is 5.84. The Hall–Kier alpha value is -0.900.